The lowest BCUT2D eigenvalue weighted by Gasteiger charge is -2.36. The van der Waals surface area contributed by atoms with Crippen LogP contribution in [-0.2, 0) is 16.6 Å². The average Bonchev–Trinajstić information content (AvgIpc) is 3.36. The molecule has 0 bridgehead atoms. The first-order valence-electron chi connectivity index (χ1n) is 12.9. The Morgan fingerprint density at radius 3 is 2.33 bits per heavy atom. The number of nitrogens with zero attached hydrogens (tertiary/aromatic N) is 5. The van der Waals surface area contributed by atoms with Gasteiger partial charge in [-0.2, -0.15) is 0 Å². The Labute approximate surface area is 242 Å². The largest absolute Gasteiger partial charge is 0.368 e. The number of amides is 2. The van der Waals surface area contributed by atoms with E-state index in [0.717, 1.165) is 34.9 Å². The molecule has 2 amide bonds. The zero-order chi connectivity index (χ0) is 27.9. The van der Waals surface area contributed by atoms with Crippen molar-refractivity contribution in [3.63, 3.8) is 0 Å². The normalized spacial score (nSPS) is 13.6. The predicted molar refractivity (Wildman–Crippen MR) is 162 cm³/mol. The second-order valence-electron chi connectivity index (χ2n) is 9.31. The van der Waals surface area contributed by atoms with Gasteiger partial charge in [-0.3, -0.25) is 9.59 Å². The number of carbonyl (C=O) groups is 2. The van der Waals surface area contributed by atoms with Gasteiger partial charge in [0.1, 0.15) is 0 Å². The van der Waals surface area contributed by atoms with Gasteiger partial charge in [0.2, 0.25) is 11.8 Å². The van der Waals surface area contributed by atoms with Crippen molar-refractivity contribution in [2.24, 2.45) is 7.05 Å². The van der Waals surface area contributed by atoms with E-state index in [9.17, 15) is 9.59 Å². The molecule has 1 aromatic heterocycles. The zero-order valence-corrected chi connectivity index (χ0v) is 23.6. The lowest BCUT2D eigenvalue weighted by Crippen LogP contribution is -2.49. The second-order valence-corrected chi connectivity index (χ2v) is 10.7. The molecule has 8 nitrogen and oxygen atoms in total. The molecular formula is C30H29ClN6O2S. The van der Waals surface area contributed by atoms with Gasteiger partial charge in [0.25, 0.3) is 0 Å². The maximum absolute atomic E-state index is 12.9. The van der Waals surface area contributed by atoms with Crippen molar-refractivity contribution in [3.05, 3.63) is 95.5 Å². The number of anilines is 2. The van der Waals surface area contributed by atoms with Crippen LogP contribution in [-0.4, -0.2) is 63.4 Å². The third-order valence-electron chi connectivity index (χ3n) is 6.62. The van der Waals surface area contributed by atoms with Crippen LogP contribution in [0.2, 0.25) is 5.02 Å². The van der Waals surface area contributed by atoms with E-state index in [0.29, 0.717) is 35.5 Å². The number of carbonyl (C=O) groups excluding carboxylic acids is 2. The lowest BCUT2D eigenvalue weighted by molar-refractivity contribution is -0.128. The van der Waals surface area contributed by atoms with Crippen LogP contribution in [0.4, 0.5) is 11.4 Å². The summed E-state index contributed by atoms with van der Waals surface area (Å²) in [5.41, 5.74) is 3.63. The van der Waals surface area contributed by atoms with Gasteiger partial charge in [0.15, 0.2) is 11.0 Å². The number of hydrogen-bond acceptors (Lipinski definition) is 6. The number of aromatic nitrogens is 3. The maximum atomic E-state index is 12.9. The Bertz CT molecular complexity index is 1480. The molecule has 0 atom stereocenters. The Balaban J connectivity index is 1.11. The summed E-state index contributed by atoms with van der Waals surface area (Å²) in [7, 11) is 1.89. The van der Waals surface area contributed by atoms with E-state index in [4.69, 9.17) is 11.6 Å². The molecule has 1 fully saturated rings. The predicted octanol–water partition coefficient (Wildman–Crippen LogP) is 5.23. The smallest absolute Gasteiger partial charge is 0.248 e. The molecule has 0 aliphatic carbocycles. The van der Waals surface area contributed by atoms with Gasteiger partial charge in [-0.05, 0) is 60.2 Å². The van der Waals surface area contributed by atoms with Crippen LogP contribution >= 0.6 is 23.4 Å². The molecule has 1 aliphatic heterocycles. The van der Waals surface area contributed by atoms with Gasteiger partial charge in [-0.25, -0.2) is 0 Å². The van der Waals surface area contributed by atoms with Crippen LogP contribution in [0.25, 0.3) is 17.5 Å². The Morgan fingerprint density at radius 1 is 0.925 bits per heavy atom. The molecular weight excluding hydrogens is 544 g/mol. The summed E-state index contributed by atoms with van der Waals surface area (Å²) in [6.45, 7) is 2.92. The van der Waals surface area contributed by atoms with Gasteiger partial charge < -0.3 is 19.7 Å². The van der Waals surface area contributed by atoms with E-state index in [1.165, 1.54) is 17.8 Å². The number of nitrogens with one attached hydrogen (secondary N) is 1. The molecule has 1 aliphatic rings. The molecule has 1 saturated heterocycles. The number of hydrogen-bond donors (Lipinski definition) is 1. The number of benzene rings is 3. The van der Waals surface area contributed by atoms with Crippen molar-refractivity contribution in [1.82, 2.24) is 19.7 Å². The minimum absolute atomic E-state index is 0.0896. The highest BCUT2D eigenvalue weighted by molar-refractivity contribution is 7.99. The highest BCUT2D eigenvalue weighted by atomic mass is 35.5. The standard InChI is InChI=1S/C30H29ClN6O2S/c1-35-29(23-8-12-25(13-9-23)32-27(38)16-7-22-5-3-2-4-6-22)33-34-30(35)40-21-28(39)37-19-17-36(18-20-37)26-14-10-24(31)11-15-26/h2-16H,17-21H2,1H3,(H,32,38)/b16-7+. The summed E-state index contributed by atoms with van der Waals surface area (Å²) >= 11 is 7.38. The summed E-state index contributed by atoms with van der Waals surface area (Å²) < 4.78 is 1.88. The van der Waals surface area contributed by atoms with E-state index in [1.54, 1.807) is 6.08 Å². The SMILES string of the molecule is Cn1c(SCC(=O)N2CCN(c3ccc(Cl)cc3)CC2)nnc1-c1ccc(NC(=O)/C=C/c2ccccc2)cc1. The van der Waals surface area contributed by atoms with Crippen molar-refractivity contribution < 1.29 is 9.59 Å². The summed E-state index contributed by atoms with van der Waals surface area (Å²) in [5, 5.41) is 12.9. The summed E-state index contributed by atoms with van der Waals surface area (Å²) in [6.07, 6.45) is 3.28. The van der Waals surface area contributed by atoms with Crippen LogP contribution in [0, 0.1) is 0 Å². The van der Waals surface area contributed by atoms with Crippen molar-refractivity contribution in [2.45, 2.75) is 5.16 Å². The summed E-state index contributed by atoms with van der Waals surface area (Å²) in [4.78, 5) is 29.3. The van der Waals surface area contributed by atoms with Gasteiger partial charge in [-0.15, -0.1) is 10.2 Å². The molecule has 0 saturated carbocycles. The number of rotatable bonds is 8. The lowest BCUT2D eigenvalue weighted by atomic mass is 10.2. The van der Waals surface area contributed by atoms with Gasteiger partial charge in [-0.1, -0.05) is 53.7 Å². The molecule has 0 spiro atoms. The second kappa shape index (κ2) is 12.8. The van der Waals surface area contributed by atoms with Crippen LogP contribution in [0.1, 0.15) is 5.56 Å². The Kier molecular flexibility index (Phi) is 8.83. The van der Waals surface area contributed by atoms with E-state index >= 15 is 0 Å². The highest BCUT2D eigenvalue weighted by Gasteiger charge is 2.22. The topological polar surface area (TPSA) is 83.4 Å². The number of piperazine rings is 1. The van der Waals surface area contributed by atoms with Crippen molar-refractivity contribution in [3.8, 4) is 11.4 Å². The summed E-state index contributed by atoms with van der Waals surface area (Å²) in [5.74, 6) is 0.874. The minimum atomic E-state index is -0.204. The molecule has 4 aromatic rings. The molecule has 5 rings (SSSR count). The van der Waals surface area contributed by atoms with Crippen LogP contribution in [0.3, 0.4) is 0 Å². The average molecular weight is 573 g/mol. The fourth-order valence-electron chi connectivity index (χ4n) is 4.40. The van der Waals surface area contributed by atoms with Crippen molar-refractivity contribution in [2.75, 3.05) is 42.1 Å². The molecule has 2 heterocycles. The minimum Gasteiger partial charge on any atom is -0.368 e. The van der Waals surface area contributed by atoms with Gasteiger partial charge >= 0.3 is 0 Å². The van der Waals surface area contributed by atoms with Gasteiger partial charge in [0.05, 0.1) is 5.75 Å². The first-order valence-corrected chi connectivity index (χ1v) is 14.3. The van der Waals surface area contributed by atoms with Crippen molar-refractivity contribution in [1.29, 1.82) is 0 Å². The Morgan fingerprint density at radius 2 is 1.62 bits per heavy atom. The highest BCUT2D eigenvalue weighted by Crippen LogP contribution is 2.25. The molecule has 1 N–H and O–H groups in total. The molecule has 0 unspecified atom stereocenters. The molecule has 3 aromatic carbocycles. The van der Waals surface area contributed by atoms with Crippen LogP contribution in [0.5, 0.6) is 0 Å². The first-order chi connectivity index (χ1) is 19.5. The van der Waals surface area contributed by atoms with E-state index in [-0.39, 0.29) is 11.8 Å². The maximum Gasteiger partial charge on any atom is 0.248 e. The summed E-state index contributed by atoms with van der Waals surface area (Å²) in [6, 6.07) is 24.9. The third-order valence-corrected chi connectivity index (χ3v) is 7.88. The van der Waals surface area contributed by atoms with Gasteiger partial charge in [0, 0.05) is 61.3 Å². The van der Waals surface area contributed by atoms with Crippen LogP contribution in [0.15, 0.2) is 90.1 Å². The van der Waals surface area contributed by atoms with Crippen molar-refractivity contribution >= 4 is 52.6 Å². The molecule has 10 heteroatoms. The van der Waals surface area contributed by atoms with Crippen LogP contribution < -0.4 is 10.2 Å². The fourth-order valence-corrected chi connectivity index (χ4v) is 5.34. The molecule has 204 valence electrons. The first kappa shape index (κ1) is 27.5. The third kappa shape index (κ3) is 6.91. The number of halogens is 1. The fraction of sp³-hybridized carbons (Fsp3) is 0.200. The monoisotopic (exact) mass is 572 g/mol. The number of thioether (sulfide) groups is 1. The van der Waals surface area contributed by atoms with E-state index in [2.05, 4.69) is 20.4 Å². The van der Waals surface area contributed by atoms with E-state index < -0.39 is 0 Å². The van der Waals surface area contributed by atoms with E-state index in [1.807, 2.05) is 95.4 Å². The zero-order valence-electron chi connectivity index (χ0n) is 22.0. The molecule has 0 radical (unpaired) electrons. The Hall–Kier alpha value is -4.08. The quantitative estimate of drug-likeness (QED) is 0.230. The molecule has 40 heavy (non-hydrogen) atoms.